The largest absolute Gasteiger partial charge is 0.354 e. The Balaban J connectivity index is 1.73. The number of hydrogen-bond acceptors (Lipinski definition) is 4. The van der Waals surface area contributed by atoms with Crippen LogP contribution in [-0.2, 0) is 13.0 Å². The van der Waals surface area contributed by atoms with Crippen molar-refractivity contribution in [2.45, 2.75) is 52.1 Å². The van der Waals surface area contributed by atoms with Crippen molar-refractivity contribution in [1.82, 2.24) is 20.5 Å². The Hall–Kier alpha value is -1.14. The molecule has 0 bridgehead atoms. The molecule has 0 saturated carbocycles. The smallest absolute Gasteiger partial charge is 0.191 e. The van der Waals surface area contributed by atoms with Gasteiger partial charge in [-0.05, 0) is 32.2 Å². The van der Waals surface area contributed by atoms with Crippen LogP contribution in [0.1, 0.15) is 43.8 Å². The number of thiazole rings is 1. The van der Waals surface area contributed by atoms with E-state index < -0.39 is 0 Å². The van der Waals surface area contributed by atoms with E-state index in [0.29, 0.717) is 6.04 Å². The minimum Gasteiger partial charge on any atom is -0.354 e. The van der Waals surface area contributed by atoms with Crippen molar-refractivity contribution in [2.75, 3.05) is 26.7 Å². The first-order valence-corrected chi connectivity index (χ1v) is 9.25. The van der Waals surface area contributed by atoms with Crippen LogP contribution in [0.25, 0.3) is 0 Å². The van der Waals surface area contributed by atoms with Crippen LogP contribution >= 0.6 is 11.3 Å². The lowest BCUT2D eigenvalue weighted by atomic mass is 10.1. The zero-order valence-electron chi connectivity index (χ0n) is 14.1. The van der Waals surface area contributed by atoms with Crippen molar-refractivity contribution in [2.24, 2.45) is 4.99 Å². The van der Waals surface area contributed by atoms with E-state index in [9.17, 15) is 0 Å². The summed E-state index contributed by atoms with van der Waals surface area (Å²) < 4.78 is 0. The maximum absolute atomic E-state index is 4.58. The Labute approximate surface area is 138 Å². The average molecular weight is 324 g/mol. The maximum atomic E-state index is 4.58. The van der Waals surface area contributed by atoms with Crippen molar-refractivity contribution in [3.63, 3.8) is 0 Å². The van der Waals surface area contributed by atoms with Gasteiger partial charge in [0.15, 0.2) is 5.96 Å². The van der Waals surface area contributed by atoms with Crippen LogP contribution in [0.4, 0.5) is 0 Å². The molecule has 0 spiro atoms. The molecule has 124 valence electrons. The highest BCUT2D eigenvalue weighted by molar-refractivity contribution is 7.09. The number of aromatic nitrogens is 1. The molecule has 1 aromatic heterocycles. The van der Waals surface area contributed by atoms with Gasteiger partial charge in [0.25, 0.3) is 0 Å². The molecule has 2 rings (SSSR count). The minimum absolute atomic E-state index is 0.529. The van der Waals surface area contributed by atoms with Crippen LogP contribution in [0.3, 0.4) is 0 Å². The summed E-state index contributed by atoms with van der Waals surface area (Å²) in [5, 5.41) is 10.2. The van der Waals surface area contributed by atoms with Gasteiger partial charge in [-0.1, -0.05) is 13.8 Å². The first-order valence-electron chi connectivity index (χ1n) is 8.38. The Morgan fingerprint density at radius 2 is 2.18 bits per heavy atom. The number of hydrogen-bond donors (Lipinski definition) is 2. The Morgan fingerprint density at radius 3 is 2.77 bits per heavy atom. The van der Waals surface area contributed by atoms with Crippen molar-refractivity contribution in [3.05, 3.63) is 16.1 Å². The third-order valence-corrected chi connectivity index (χ3v) is 5.07. The van der Waals surface area contributed by atoms with Gasteiger partial charge in [-0.25, -0.2) is 4.98 Å². The molecular formula is C16H29N5S. The molecule has 0 amide bonds. The summed E-state index contributed by atoms with van der Waals surface area (Å²) in [6, 6.07) is 0.529. The number of aliphatic imine (C=N–C) groups is 1. The van der Waals surface area contributed by atoms with Crippen molar-refractivity contribution < 1.29 is 0 Å². The lowest BCUT2D eigenvalue weighted by Crippen LogP contribution is -2.48. The van der Waals surface area contributed by atoms with Crippen LogP contribution < -0.4 is 10.6 Å². The lowest BCUT2D eigenvalue weighted by molar-refractivity contribution is 0.206. The van der Waals surface area contributed by atoms with Gasteiger partial charge in [0.2, 0.25) is 0 Å². The normalized spacial score (nSPS) is 17.7. The van der Waals surface area contributed by atoms with Crippen LogP contribution in [0.2, 0.25) is 0 Å². The zero-order valence-corrected chi connectivity index (χ0v) is 14.9. The highest BCUT2D eigenvalue weighted by atomic mass is 32.1. The Morgan fingerprint density at radius 1 is 1.41 bits per heavy atom. The molecule has 2 N–H and O–H groups in total. The van der Waals surface area contributed by atoms with E-state index in [0.717, 1.165) is 24.6 Å². The number of aryl methyl sites for hydroxylation is 1. The van der Waals surface area contributed by atoms with Crippen molar-refractivity contribution >= 4 is 17.3 Å². The number of guanidine groups is 1. The summed E-state index contributed by atoms with van der Waals surface area (Å²) in [4.78, 5) is 11.5. The van der Waals surface area contributed by atoms with E-state index in [-0.39, 0.29) is 0 Å². The van der Waals surface area contributed by atoms with Gasteiger partial charge in [-0.2, -0.15) is 0 Å². The molecule has 0 aromatic carbocycles. The third-order valence-electron chi connectivity index (χ3n) is 4.03. The maximum Gasteiger partial charge on any atom is 0.191 e. The fourth-order valence-electron chi connectivity index (χ4n) is 2.77. The fraction of sp³-hybridized carbons (Fsp3) is 0.750. The summed E-state index contributed by atoms with van der Waals surface area (Å²) in [5.74, 6) is 0.889. The number of nitrogens with one attached hydrogen (secondary N) is 2. The molecule has 22 heavy (non-hydrogen) atoms. The zero-order chi connectivity index (χ0) is 15.8. The molecule has 1 aliphatic heterocycles. The fourth-order valence-corrected chi connectivity index (χ4v) is 3.52. The molecule has 0 unspecified atom stereocenters. The van der Waals surface area contributed by atoms with E-state index in [4.69, 9.17) is 0 Å². The molecule has 1 fully saturated rings. The second kappa shape index (κ2) is 9.10. The van der Waals surface area contributed by atoms with Crippen LogP contribution in [0.15, 0.2) is 10.4 Å². The summed E-state index contributed by atoms with van der Waals surface area (Å²) >= 11 is 1.73. The third kappa shape index (κ3) is 5.25. The second-order valence-electron chi connectivity index (χ2n) is 5.77. The topological polar surface area (TPSA) is 52.5 Å². The predicted molar refractivity (Wildman–Crippen MR) is 94.6 cm³/mol. The summed E-state index contributed by atoms with van der Waals surface area (Å²) in [7, 11) is 1.83. The number of rotatable bonds is 6. The Bertz CT molecular complexity index is 463. The summed E-state index contributed by atoms with van der Waals surface area (Å²) in [6.45, 7) is 8.73. The van der Waals surface area contributed by atoms with Gasteiger partial charge < -0.3 is 15.5 Å². The van der Waals surface area contributed by atoms with Crippen molar-refractivity contribution in [1.29, 1.82) is 0 Å². The predicted octanol–water partition coefficient (Wildman–Crippen LogP) is 2.24. The molecule has 0 radical (unpaired) electrons. The monoisotopic (exact) mass is 323 g/mol. The van der Waals surface area contributed by atoms with Gasteiger partial charge in [0.05, 0.1) is 17.2 Å². The van der Waals surface area contributed by atoms with E-state index in [1.54, 1.807) is 11.3 Å². The summed E-state index contributed by atoms with van der Waals surface area (Å²) in [5.41, 5.74) is 1.10. The van der Waals surface area contributed by atoms with Gasteiger partial charge in [-0.3, -0.25) is 4.99 Å². The van der Waals surface area contributed by atoms with E-state index >= 15 is 0 Å². The highest BCUT2D eigenvalue weighted by Crippen LogP contribution is 2.11. The minimum atomic E-state index is 0.529. The molecule has 1 aromatic rings. The number of piperidine rings is 1. The standard InChI is InChI=1S/C16H29N5S/c1-4-8-21-9-6-13(7-10-21)20-16(17-3)18-11-14-12-22-15(5-2)19-14/h12-13H,4-11H2,1-3H3,(H2,17,18,20). The Kier molecular flexibility index (Phi) is 7.12. The molecule has 1 aliphatic rings. The molecule has 0 aliphatic carbocycles. The first-order chi connectivity index (χ1) is 10.7. The summed E-state index contributed by atoms with van der Waals surface area (Å²) in [6.07, 6.45) is 4.64. The SMILES string of the molecule is CCCN1CCC(NC(=NC)NCc2csc(CC)n2)CC1. The van der Waals surface area contributed by atoms with Crippen molar-refractivity contribution in [3.8, 4) is 0 Å². The van der Waals surface area contributed by atoms with Gasteiger partial charge in [-0.15, -0.1) is 11.3 Å². The molecule has 5 nitrogen and oxygen atoms in total. The molecule has 0 atom stereocenters. The lowest BCUT2D eigenvalue weighted by Gasteiger charge is -2.32. The van der Waals surface area contributed by atoms with E-state index in [2.05, 4.69) is 44.7 Å². The van der Waals surface area contributed by atoms with Gasteiger partial charge in [0.1, 0.15) is 0 Å². The molecular weight excluding hydrogens is 294 g/mol. The van der Waals surface area contributed by atoms with Gasteiger partial charge >= 0.3 is 0 Å². The van der Waals surface area contributed by atoms with Crippen LogP contribution in [-0.4, -0.2) is 48.6 Å². The average Bonchev–Trinajstić information content (AvgIpc) is 3.01. The molecule has 2 heterocycles. The highest BCUT2D eigenvalue weighted by Gasteiger charge is 2.19. The van der Waals surface area contributed by atoms with Crippen LogP contribution in [0, 0.1) is 0 Å². The quantitative estimate of drug-likeness (QED) is 0.623. The first kappa shape index (κ1) is 17.2. The number of likely N-dealkylation sites (tertiary alicyclic amines) is 1. The van der Waals surface area contributed by atoms with E-state index in [1.165, 1.54) is 43.9 Å². The number of nitrogens with zero attached hydrogens (tertiary/aromatic N) is 3. The van der Waals surface area contributed by atoms with Crippen LogP contribution in [0.5, 0.6) is 0 Å². The van der Waals surface area contributed by atoms with Gasteiger partial charge in [0, 0.05) is 31.6 Å². The molecule has 6 heteroatoms. The molecule has 1 saturated heterocycles. The second-order valence-corrected chi connectivity index (χ2v) is 6.71. The van der Waals surface area contributed by atoms with E-state index in [1.807, 2.05) is 7.05 Å².